The standard InChI is InChI=1S/C20H25N3O2/c1-13(2)18-7-5-6-14(3)20(18)23-19(25)12-21-16-8-10-17(11-9-16)22-15(4)24/h5-11,13,21H,12H2,1-4H3,(H,22,24)(H,23,25). The summed E-state index contributed by atoms with van der Waals surface area (Å²) in [6.45, 7) is 7.85. The van der Waals surface area contributed by atoms with Crippen molar-refractivity contribution in [3.63, 3.8) is 0 Å². The molecule has 0 radical (unpaired) electrons. The van der Waals surface area contributed by atoms with E-state index in [2.05, 4.69) is 29.8 Å². The minimum absolute atomic E-state index is 0.0952. The Bertz CT molecular complexity index is 752. The van der Waals surface area contributed by atoms with Gasteiger partial charge in [-0.05, 0) is 48.2 Å². The van der Waals surface area contributed by atoms with Gasteiger partial charge in [0.05, 0.1) is 6.54 Å². The molecule has 0 unspecified atom stereocenters. The highest BCUT2D eigenvalue weighted by Gasteiger charge is 2.11. The average Bonchev–Trinajstić information content (AvgIpc) is 2.55. The Hall–Kier alpha value is -2.82. The van der Waals surface area contributed by atoms with E-state index >= 15 is 0 Å². The van der Waals surface area contributed by atoms with Gasteiger partial charge in [-0.2, -0.15) is 0 Å². The average molecular weight is 339 g/mol. The summed E-state index contributed by atoms with van der Waals surface area (Å²) in [7, 11) is 0. The van der Waals surface area contributed by atoms with Gasteiger partial charge in [0.25, 0.3) is 0 Å². The summed E-state index contributed by atoms with van der Waals surface area (Å²) >= 11 is 0. The summed E-state index contributed by atoms with van der Waals surface area (Å²) in [5, 5.41) is 8.80. The number of anilines is 3. The smallest absolute Gasteiger partial charge is 0.243 e. The molecular formula is C20H25N3O2. The van der Waals surface area contributed by atoms with E-state index in [4.69, 9.17) is 0 Å². The fraction of sp³-hybridized carbons (Fsp3) is 0.300. The van der Waals surface area contributed by atoms with Crippen molar-refractivity contribution in [2.75, 3.05) is 22.5 Å². The minimum atomic E-state index is -0.112. The zero-order valence-electron chi connectivity index (χ0n) is 15.1. The van der Waals surface area contributed by atoms with Crippen molar-refractivity contribution in [1.29, 1.82) is 0 Å². The third-order valence-electron chi connectivity index (χ3n) is 3.85. The second-order valence-corrected chi connectivity index (χ2v) is 6.35. The maximum atomic E-state index is 12.3. The molecule has 0 fully saturated rings. The van der Waals surface area contributed by atoms with Crippen molar-refractivity contribution in [2.24, 2.45) is 0 Å². The van der Waals surface area contributed by atoms with E-state index in [1.807, 2.05) is 37.3 Å². The van der Waals surface area contributed by atoms with Crippen LogP contribution in [0.5, 0.6) is 0 Å². The number of rotatable bonds is 6. The molecule has 2 aromatic rings. The zero-order chi connectivity index (χ0) is 18.4. The fourth-order valence-electron chi connectivity index (χ4n) is 2.58. The monoisotopic (exact) mass is 339 g/mol. The number of hydrogen-bond acceptors (Lipinski definition) is 3. The normalized spacial score (nSPS) is 10.4. The molecule has 3 N–H and O–H groups in total. The molecule has 2 rings (SSSR count). The van der Waals surface area contributed by atoms with Gasteiger partial charge in [0.1, 0.15) is 0 Å². The van der Waals surface area contributed by atoms with E-state index in [0.29, 0.717) is 5.92 Å². The lowest BCUT2D eigenvalue weighted by Crippen LogP contribution is -2.23. The van der Waals surface area contributed by atoms with Gasteiger partial charge in [0.15, 0.2) is 0 Å². The van der Waals surface area contributed by atoms with Gasteiger partial charge >= 0.3 is 0 Å². The van der Waals surface area contributed by atoms with E-state index in [1.165, 1.54) is 6.92 Å². The molecule has 25 heavy (non-hydrogen) atoms. The van der Waals surface area contributed by atoms with Crippen molar-refractivity contribution in [2.45, 2.75) is 33.6 Å². The van der Waals surface area contributed by atoms with Gasteiger partial charge in [-0.1, -0.05) is 32.0 Å². The first-order chi connectivity index (χ1) is 11.9. The zero-order valence-corrected chi connectivity index (χ0v) is 15.1. The first kappa shape index (κ1) is 18.5. The van der Waals surface area contributed by atoms with E-state index in [-0.39, 0.29) is 18.4 Å². The Morgan fingerprint density at radius 2 is 1.60 bits per heavy atom. The summed E-state index contributed by atoms with van der Waals surface area (Å²) in [5.41, 5.74) is 4.62. The Morgan fingerprint density at radius 1 is 0.960 bits per heavy atom. The quantitative estimate of drug-likeness (QED) is 0.741. The Kier molecular flexibility index (Phi) is 6.17. The summed E-state index contributed by atoms with van der Waals surface area (Å²) in [6, 6.07) is 13.3. The minimum Gasteiger partial charge on any atom is -0.376 e. The van der Waals surface area contributed by atoms with Crippen molar-refractivity contribution >= 4 is 28.9 Å². The molecule has 0 saturated heterocycles. The molecule has 2 aromatic carbocycles. The number of carbonyl (C=O) groups excluding carboxylic acids is 2. The third kappa shape index (κ3) is 5.35. The molecule has 5 nitrogen and oxygen atoms in total. The molecular weight excluding hydrogens is 314 g/mol. The summed E-state index contributed by atoms with van der Waals surface area (Å²) < 4.78 is 0. The number of benzene rings is 2. The second kappa shape index (κ2) is 8.33. The van der Waals surface area contributed by atoms with Crippen molar-refractivity contribution in [3.05, 3.63) is 53.6 Å². The van der Waals surface area contributed by atoms with E-state index in [1.54, 1.807) is 12.1 Å². The van der Waals surface area contributed by atoms with E-state index in [9.17, 15) is 9.59 Å². The Morgan fingerprint density at radius 3 is 2.20 bits per heavy atom. The molecule has 0 saturated carbocycles. The maximum absolute atomic E-state index is 12.3. The molecule has 2 amide bonds. The molecule has 5 heteroatoms. The molecule has 0 heterocycles. The highest BCUT2D eigenvalue weighted by atomic mass is 16.2. The Labute approximate surface area is 148 Å². The molecule has 0 atom stereocenters. The van der Waals surface area contributed by atoms with Crippen LogP contribution in [0, 0.1) is 6.92 Å². The fourth-order valence-corrected chi connectivity index (χ4v) is 2.58. The maximum Gasteiger partial charge on any atom is 0.243 e. The van der Waals surface area contributed by atoms with Crippen LogP contribution in [-0.2, 0) is 9.59 Å². The van der Waals surface area contributed by atoms with Gasteiger partial charge in [-0.15, -0.1) is 0 Å². The van der Waals surface area contributed by atoms with Crippen LogP contribution in [0.2, 0.25) is 0 Å². The van der Waals surface area contributed by atoms with Crippen LogP contribution >= 0.6 is 0 Å². The summed E-state index contributed by atoms with van der Waals surface area (Å²) in [6.07, 6.45) is 0. The van der Waals surface area contributed by atoms with Gasteiger partial charge in [-0.25, -0.2) is 0 Å². The van der Waals surface area contributed by atoms with E-state index < -0.39 is 0 Å². The molecule has 0 aliphatic heterocycles. The third-order valence-corrected chi connectivity index (χ3v) is 3.85. The van der Waals surface area contributed by atoms with Crippen LogP contribution < -0.4 is 16.0 Å². The van der Waals surface area contributed by atoms with E-state index in [0.717, 1.165) is 28.2 Å². The SMILES string of the molecule is CC(=O)Nc1ccc(NCC(=O)Nc2c(C)cccc2C(C)C)cc1. The van der Waals surface area contributed by atoms with Crippen LogP contribution in [0.3, 0.4) is 0 Å². The topological polar surface area (TPSA) is 70.2 Å². The van der Waals surface area contributed by atoms with Crippen molar-refractivity contribution in [3.8, 4) is 0 Å². The largest absolute Gasteiger partial charge is 0.376 e. The second-order valence-electron chi connectivity index (χ2n) is 6.35. The molecule has 0 aliphatic rings. The number of aryl methyl sites for hydroxylation is 1. The summed E-state index contributed by atoms with van der Waals surface area (Å²) in [4.78, 5) is 23.3. The first-order valence-electron chi connectivity index (χ1n) is 8.37. The van der Waals surface area contributed by atoms with Gasteiger partial charge < -0.3 is 16.0 Å². The van der Waals surface area contributed by atoms with Crippen LogP contribution in [-0.4, -0.2) is 18.4 Å². The molecule has 132 valence electrons. The summed E-state index contributed by atoms with van der Waals surface area (Å²) in [5.74, 6) is 0.130. The number of amides is 2. The molecule has 0 aliphatic carbocycles. The van der Waals surface area contributed by atoms with Gasteiger partial charge in [0.2, 0.25) is 11.8 Å². The van der Waals surface area contributed by atoms with Crippen LogP contribution in [0.25, 0.3) is 0 Å². The highest BCUT2D eigenvalue weighted by molar-refractivity contribution is 5.95. The number of carbonyl (C=O) groups is 2. The molecule has 0 bridgehead atoms. The predicted octanol–water partition coefficient (Wildman–Crippen LogP) is 4.13. The van der Waals surface area contributed by atoms with Crippen molar-refractivity contribution < 1.29 is 9.59 Å². The lowest BCUT2D eigenvalue weighted by atomic mass is 9.98. The number of nitrogens with one attached hydrogen (secondary N) is 3. The lowest BCUT2D eigenvalue weighted by Gasteiger charge is -2.17. The van der Waals surface area contributed by atoms with Crippen LogP contribution in [0.1, 0.15) is 37.8 Å². The Balaban J connectivity index is 1.96. The first-order valence-corrected chi connectivity index (χ1v) is 8.37. The van der Waals surface area contributed by atoms with Crippen molar-refractivity contribution in [1.82, 2.24) is 0 Å². The predicted molar refractivity (Wildman–Crippen MR) is 103 cm³/mol. The van der Waals surface area contributed by atoms with Crippen LogP contribution in [0.15, 0.2) is 42.5 Å². The highest BCUT2D eigenvalue weighted by Crippen LogP contribution is 2.27. The van der Waals surface area contributed by atoms with Gasteiger partial charge in [-0.3, -0.25) is 9.59 Å². The molecule has 0 spiro atoms. The lowest BCUT2D eigenvalue weighted by molar-refractivity contribution is -0.115. The number of hydrogen-bond donors (Lipinski definition) is 3. The van der Waals surface area contributed by atoms with Gasteiger partial charge in [0, 0.05) is 24.0 Å². The number of para-hydroxylation sites is 1. The van der Waals surface area contributed by atoms with Crippen LogP contribution in [0.4, 0.5) is 17.1 Å². The molecule has 0 aromatic heterocycles.